The summed E-state index contributed by atoms with van der Waals surface area (Å²) in [4.78, 5) is 10.6. The Labute approximate surface area is 376 Å². The van der Waals surface area contributed by atoms with Crippen LogP contribution in [0.3, 0.4) is 0 Å². The lowest BCUT2D eigenvalue weighted by molar-refractivity contribution is 1.18. The SMILES string of the molecule is c1ccc2c(-c3nc(-c4ccc(-c5ccc6cc(-c7ccc(-n8c9ccccc9c9ccccc98)cc7)ccc6c5)cc4)cc(-c4cc5ccccc5c5ccccc45)n3)cccc2c1. The standard InChI is InChI=1S/C62H39N3/c1-3-15-50-42(12-1)14-11-21-56(50)62-63-58(39-59(64-62)57-38-48-13-2-4-16-51(48)52-17-5-6-18-53(52)57)43-26-24-40(25-27-43)44-28-30-47-37-45(29-31-46(47)36-44)41-32-34-49(35-33-41)65-60-22-9-7-19-54(60)55-20-8-10-23-61(55)65/h1-39H. The van der Waals surface area contributed by atoms with Crippen LogP contribution in [0.5, 0.6) is 0 Å². The van der Waals surface area contributed by atoms with Gasteiger partial charge in [0.15, 0.2) is 5.82 Å². The van der Waals surface area contributed by atoms with Gasteiger partial charge in [0.2, 0.25) is 0 Å². The molecule has 2 aromatic heterocycles. The highest BCUT2D eigenvalue weighted by molar-refractivity contribution is 6.14. The molecule has 0 saturated heterocycles. The molecular formula is C62H39N3. The minimum Gasteiger partial charge on any atom is -0.309 e. The highest BCUT2D eigenvalue weighted by Gasteiger charge is 2.17. The number of benzene rings is 11. The van der Waals surface area contributed by atoms with Crippen molar-refractivity contribution in [1.82, 2.24) is 14.5 Å². The van der Waals surface area contributed by atoms with E-state index in [9.17, 15) is 0 Å². The highest BCUT2D eigenvalue weighted by atomic mass is 15.0. The van der Waals surface area contributed by atoms with Gasteiger partial charge in [-0.25, -0.2) is 9.97 Å². The molecule has 65 heavy (non-hydrogen) atoms. The summed E-state index contributed by atoms with van der Waals surface area (Å²) in [5.74, 6) is 0.712. The van der Waals surface area contributed by atoms with Crippen LogP contribution in [0.1, 0.15) is 0 Å². The zero-order chi connectivity index (χ0) is 42.8. The molecule has 3 heteroatoms. The first kappa shape index (κ1) is 36.9. The third-order valence-corrected chi connectivity index (χ3v) is 13.2. The van der Waals surface area contributed by atoms with Crippen LogP contribution in [0, 0.1) is 0 Å². The van der Waals surface area contributed by atoms with Gasteiger partial charge in [-0.2, -0.15) is 0 Å². The van der Waals surface area contributed by atoms with Crippen molar-refractivity contribution in [2.75, 3.05) is 0 Å². The Balaban J connectivity index is 0.844. The van der Waals surface area contributed by atoms with Gasteiger partial charge in [-0.05, 0) is 114 Å². The monoisotopic (exact) mass is 825 g/mol. The molecule has 302 valence electrons. The zero-order valence-corrected chi connectivity index (χ0v) is 35.4. The van der Waals surface area contributed by atoms with E-state index in [4.69, 9.17) is 9.97 Å². The summed E-state index contributed by atoms with van der Waals surface area (Å²) in [6, 6.07) is 85.3. The number of rotatable bonds is 6. The molecule has 0 bridgehead atoms. The molecule has 0 spiro atoms. The lowest BCUT2D eigenvalue weighted by atomic mass is 9.94. The fourth-order valence-electron chi connectivity index (χ4n) is 9.98. The van der Waals surface area contributed by atoms with Crippen molar-refractivity contribution in [3.05, 3.63) is 237 Å². The van der Waals surface area contributed by atoms with E-state index in [1.165, 1.54) is 70.8 Å². The molecule has 0 unspecified atom stereocenters. The van der Waals surface area contributed by atoms with Crippen LogP contribution in [0.4, 0.5) is 0 Å². The lowest BCUT2D eigenvalue weighted by Crippen LogP contribution is -1.97. The molecule has 3 nitrogen and oxygen atoms in total. The summed E-state index contributed by atoms with van der Waals surface area (Å²) in [5, 5.41) is 12.1. The number of fused-ring (bicyclic) bond motifs is 8. The molecule has 0 fully saturated rings. The van der Waals surface area contributed by atoms with Crippen LogP contribution in [0.15, 0.2) is 237 Å². The second-order valence-corrected chi connectivity index (χ2v) is 17.0. The van der Waals surface area contributed by atoms with Gasteiger partial charge in [0.05, 0.1) is 22.4 Å². The van der Waals surface area contributed by atoms with E-state index in [1.807, 2.05) is 0 Å². The number of hydrogen-bond donors (Lipinski definition) is 0. The zero-order valence-electron chi connectivity index (χ0n) is 35.4. The second kappa shape index (κ2) is 15.0. The van der Waals surface area contributed by atoms with Gasteiger partial charge in [0, 0.05) is 33.2 Å². The molecule has 13 aromatic rings. The molecule has 0 aliphatic rings. The van der Waals surface area contributed by atoms with Gasteiger partial charge in [-0.1, -0.05) is 188 Å². The Bertz CT molecular complexity index is 3930. The first-order valence-electron chi connectivity index (χ1n) is 22.2. The quantitative estimate of drug-likeness (QED) is 0.156. The van der Waals surface area contributed by atoms with E-state index in [-0.39, 0.29) is 0 Å². The first-order chi connectivity index (χ1) is 32.2. The molecule has 0 amide bonds. The van der Waals surface area contributed by atoms with Gasteiger partial charge in [0.1, 0.15) is 0 Å². The van der Waals surface area contributed by atoms with Crippen molar-refractivity contribution >= 4 is 64.9 Å². The number of para-hydroxylation sites is 2. The van der Waals surface area contributed by atoms with Crippen molar-refractivity contribution in [1.29, 1.82) is 0 Å². The predicted octanol–water partition coefficient (Wildman–Crippen LogP) is 16.5. The van der Waals surface area contributed by atoms with E-state index in [0.717, 1.165) is 50.1 Å². The summed E-state index contributed by atoms with van der Waals surface area (Å²) in [5.41, 5.74) is 13.3. The maximum Gasteiger partial charge on any atom is 0.161 e. The minimum atomic E-state index is 0.712. The van der Waals surface area contributed by atoms with Crippen LogP contribution >= 0.6 is 0 Å². The van der Waals surface area contributed by atoms with Crippen LogP contribution in [0.25, 0.3) is 127 Å². The Morgan fingerprint density at radius 2 is 0.754 bits per heavy atom. The van der Waals surface area contributed by atoms with E-state index in [0.29, 0.717) is 5.82 Å². The molecular weight excluding hydrogens is 787 g/mol. The molecule has 0 aliphatic heterocycles. The predicted molar refractivity (Wildman–Crippen MR) is 274 cm³/mol. The van der Waals surface area contributed by atoms with Crippen LogP contribution < -0.4 is 0 Å². The van der Waals surface area contributed by atoms with E-state index >= 15 is 0 Å². The summed E-state index contributed by atoms with van der Waals surface area (Å²) < 4.78 is 2.37. The van der Waals surface area contributed by atoms with Gasteiger partial charge in [-0.15, -0.1) is 0 Å². The summed E-state index contributed by atoms with van der Waals surface area (Å²) in [6.45, 7) is 0. The van der Waals surface area contributed by atoms with Crippen molar-refractivity contribution in [2.24, 2.45) is 0 Å². The van der Waals surface area contributed by atoms with Crippen molar-refractivity contribution in [2.45, 2.75) is 0 Å². The molecule has 2 heterocycles. The van der Waals surface area contributed by atoms with Crippen molar-refractivity contribution in [3.8, 4) is 61.8 Å². The molecule has 0 aliphatic carbocycles. The fraction of sp³-hybridized carbons (Fsp3) is 0. The van der Waals surface area contributed by atoms with E-state index < -0.39 is 0 Å². The number of nitrogens with zero attached hydrogens (tertiary/aromatic N) is 3. The van der Waals surface area contributed by atoms with Gasteiger partial charge < -0.3 is 4.57 Å². The van der Waals surface area contributed by atoms with Gasteiger partial charge in [-0.3, -0.25) is 0 Å². The van der Waals surface area contributed by atoms with Crippen LogP contribution in [0.2, 0.25) is 0 Å². The third kappa shape index (κ3) is 6.28. The van der Waals surface area contributed by atoms with Gasteiger partial charge >= 0.3 is 0 Å². The lowest BCUT2D eigenvalue weighted by Gasteiger charge is -2.14. The molecule has 0 atom stereocenters. The minimum absolute atomic E-state index is 0.712. The topological polar surface area (TPSA) is 30.7 Å². The average molecular weight is 826 g/mol. The number of aromatic nitrogens is 3. The Morgan fingerprint density at radius 1 is 0.262 bits per heavy atom. The number of hydrogen-bond acceptors (Lipinski definition) is 2. The second-order valence-electron chi connectivity index (χ2n) is 17.0. The van der Waals surface area contributed by atoms with Gasteiger partial charge in [0.25, 0.3) is 0 Å². The molecule has 0 radical (unpaired) electrons. The molecule has 0 saturated carbocycles. The van der Waals surface area contributed by atoms with Crippen LogP contribution in [-0.2, 0) is 0 Å². The normalized spacial score (nSPS) is 11.7. The largest absolute Gasteiger partial charge is 0.309 e. The fourth-order valence-corrected chi connectivity index (χ4v) is 9.98. The third-order valence-electron chi connectivity index (χ3n) is 13.2. The maximum absolute atomic E-state index is 5.35. The van der Waals surface area contributed by atoms with E-state index in [2.05, 4.69) is 241 Å². The van der Waals surface area contributed by atoms with Crippen LogP contribution in [-0.4, -0.2) is 14.5 Å². The van der Waals surface area contributed by atoms with E-state index in [1.54, 1.807) is 0 Å². The molecule has 0 N–H and O–H groups in total. The first-order valence-corrected chi connectivity index (χ1v) is 22.2. The Morgan fingerprint density at radius 3 is 1.43 bits per heavy atom. The summed E-state index contributed by atoms with van der Waals surface area (Å²) in [6.07, 6.45) is 0. The average Bonchev–Trinajstić information content (AvgIpc) is 3.72. The molecule has 11 aromatic carbocycles. The molecule has 13 rings (SSSR count). The summed E-state index contributed by atoms with van der Waals surface area (Å²) >= 11 is 0. The van der Waals surface area contributed by atoms with Crippen molar-refractivity contribution in [3.63, 3.8) is 0 Å². The summed E-state index contributed by atoms with van der Waals surface area (Å²) in [7, 11) is 0. The highest BCUT2D eigenvalue weighted by Crippen LogP contribution is 2.39. The Kier molecular flexibility index (Phi) is 8.53. The smallest absolute Gasteiger partial charge is 0.161 e. The van der Waals surface area contributed by atoms with Crippen molar-refractivity contribution < 1.29 is 0 Å². The Hall–Kier alpha value is -8.66. The maximum atomic E-state index is 5.35.